The first-order chi connectivity index (χ1) is 22.3. The summed E-state index contributed by atoms with van der Waals surface area (Å²) in [5, 5.41) is 23.1. The lowest BCUT2D eigenvalue weighted by Crippen LogP contribution is -2.48. The van der Waals surface area contributed by atoms with Crippen molar-refractivity contribution in [3.8, 4) is 0 Å². The van der Waals surface area contributed by atoms with Crippen molar-refractivity contribution in [3.05, 3.63) is 71.3 Å². The highest BCUT2D eigenvalue weighted by Crippen LogP contribution is 2.43. The number of hydroxylamine groups is 1. The largest absolute Gasteiger partial charge is 0.493 e. The van der Waals surface area contributed by atoms with Gasteiger partial charge in [-0.2, -0.15) is 9.61 Å². The highest BCUT2D eigenvalue weighted by Gasteiger charge is 2.45. The van der Waals surface area contributed by atoms with Crippen LogP contribution in [0.5, 0.6) is 0 Å². The van der Waals surface area contributed by atoms with Crippen LogP contribution in [0.2, 0.25) is 0 Å². The lowest BCUT2D eigenvalue weighted by molar-refractivity contribution is -0.149. The molecule has 3 rings (SSSR count). The van der Waals surface area contributed by atoms with Gasteiger partial charge in [-0.15, -0.1) is 6.58 Å². The van der Waals surface area contributed by atoms with Gasteiger partial charge < -0.3 is 47.1 Å². The van der Waals surface area contributed by atoms with Crippen LogP contribution in [0.3, 0.4) is 0 Å². The van der Waals surface area contributed by atoms with Gasteiger partial charge in [-0.25, -0.2) is 19.6 Å². The monoisotopic (exact) mass is 682 g/mol. The lowest BCUT2D eigenvalue weighted by atomic mass is 10.1. The number of benzene rings is 1. The maximum absolute atomic E-state index is 12.6. The number of nitrogens with zero attached hydrogens (tertiary/aromatic N) is 3. The minimum Gasteiger partial charge on any atom is -0.459 e. The van der Waals surface area contributed by atoms with E-state index < -0.39 is 74.6 Å². The summed E-state index contributed by atoms with van der Waals surface area (Å²) in [6.45, 7) is 2.95. The fourth-order valence-electron chi connectivity index (χ4n) is 4.18. The summed E-state index contributed by atoms with van der Waals surface area (Å²) in [5.74, 6) is -1.69. The topological polar surface area (TPSA) is 298 Å². The van der Waals surface area contributed by atoms with Crippen molar-refractivity contribution in [3.63, 3.8) is 0 Å². The normalized spacial score (nSPS) is 22.1. The van der Waals surface area contributed by atoms with Gasteiger partial charge >= 0.3 is 19.5 Å². The van der Waals surface area contributed by atoms with Crippen molar-refractivity contribution in [1.82, 2.24) is 20.3 Å². The standard InChI is InChI=1S/C27H39N8O11P/c1-2-7-18(25(39)43-14-16-8-4-3-5-9-16)32-23(38)17(28)10-6-12-31-26(30)34-46-47(41,42)44-15-19-21(36)22(37)24(45-19)35-13-11-20(29)33-27(35)40/h2-5,8-9,11,13,17-19,21-22,24,36-37H,1,6-7,10,12,14-15,28H2,(H,32,38)(H,41,42)(H2,29,33,40)(H3,30,31,34)/t17?,18?,19-,21-,22-,24-/m1/s1. The summed E-state index contributed by atoms with van der Waals surface area (Å²) >= 11 is 0. The molecule has 258 valence electrons. The van der Waals surface area contributed by atoms with Gasteiger partial charge in [-0.1, -0.05) is 36.4 Å². The average Bonchev–Trinajstić information content (AvgIpc) is 3.32. The molecule has 1 aromatic heterocycles. The van der Waals surface area contributed by atoms with Crippen molar-refractivity contribution in [1.29, 1.82) is 0 Å². The number of anilines is 1. The predicted octanol–water partition coefficient (Wildman–Crippen LogP) is -1.69. The zero-order valence-corrected chi connectivity index (χ0v) is 26.1. The third-order valence-corrected chi connectivity index (χ3v) is 7.45. The summed E-state index contributed by atoms with van der Waals surface area (Å²) < 4.78 is 33.2. The Bertz CT molecular complexity index is 1490. The molecule has 1 aromatic carbocycles. The van der Waals surface area contributed by atoms with Gasteiger partial charge in [0.2, 0.25) is 11.9 Å². The molecule has 1 fully saturated rings. The van der Waals surface area contributed by atoms with Gasteiger partial charge in [0.1, 0.15) is 36.8 Å². The van der Waals surface area contributed by atoms with Crippen molar-refractivity contribution in [2.75, 3.05) is 18.9 Å². The Kier molecular flexibility index (Phi) is 14.0. The molecule has 2 heterocycles. The zero-order valence-electron chi connectivity index (χ0n) is 25.2. The van der Waals surface area contributed by atoms with Gasteiger partial charge in [-0.3, -0.25) is 18.9 Å². The van der Waals surface area contributed by atoms with Crippen molar-refractivity contribution in [2.24, 2.45) is 16.5 Å². The summed E-state index contributed by atoms with van der Waals surface area (Å²) in [6.07, 6.45) is -2.66. The van der Waals surface area contributed by atoms with Crippen molar-refractivity contribution >= 4 is 31.5 Å². The number of amides is 1. The highest BCUT2D eigenvalue weighted by atomic mass is 31.2. The molecule has 0 spiro atoms. The molecule has 1 saturated heterocycles. The Balaban J connectivity index is 1.37. The SMILES string of the molecule is C=CCC(NC(=O)C(N)CCCN=C(N)NOP(=O)(O)OC[C@H]1O[C@@H](n2ccc(N)nc2=O)[C@H](O)[C@@H]1O)C(=O)OCc1ccccc1. The van der Waals surface area contributed by atoms with E-state index in [4.69, 9.17) is 31.2 Å². The molecule has 0 radical (unpaired) electrons. The summed E-state index contributed by atoms with van der Waals surface area (Å²) in [7, 11) is -4.83. The molecule has 1 aliphatic rings. The van der Waals surface area contributed by atoms with Crippen LogP contribution in [0, 0.1) is 0 Å². The molecule has 0 aliphatic carbocycles. The molecule has 1 amide bonds. The molecule has 0 bridgehead atoms. The number of carbonyl (C=O) groups excluding carboxylic acids is 2. The molecule has 47 heavy (non-hydrogen) atoms. The first-order valence-corrected chi connectivity index (χ1v) is 15.8. The van der Waals surface area contributed by atoms with Gasteiger partial charge in [0.25, 0.3) is 0 Å². The second kappa shape index (κ2) is 17.6. The number of nitrogens with two attached hydrogens (primary N) is 3. The number of hydrogen-bond donors (Lipinski definition) is 8. The summed E-state index contributed by atoms with van der Waals surface area (Å²) in [6, 6.07) is 8.36. The maximum Gasteiger partial charge on any atom is 0.493 e. The number of esters is 1. The number of carbonyl (C=O) groups is 2. The predicted molar refractivity (Wildman–Crippen MR) is 166 cm³/mol. The fourth-order valence-corrected chi connectivity index (χ4v) is 4.77. The first kappa shape index (κ1) is 37.3. The van der Waals surface area contributed by atoms with Gasteiger partial charge in [0, 0.05) is 12.7 Å². The summed E-state index contributed by atoms with van der Waals surface area (Å²) in [5.41, 5.74) is 18.9. The number of hydrogen-bond acceptors (Lipinski definition) is 14. The van der Waals surface area contributed by atoms with Crippen LogP contribution in [0.4, 0.5) is 5.82 Å². The van der Waals surface area contributed by atoms with E-state index in [2.05, 4.69) is 26.5 Å². The second-order valence-electron chi connectivity index (χ2n) is 10.2. The van der Waals surface area contributed by atoms with Crippen LogP contribution in [0.15, 0.2) is 65.0 Å². The third kappa shape index (κ3) is 11.5. The smallest absolute Gasteiger partial charge is 0.459 e. The molecule has 19 nitrogen and oxygen atoms in total. The van der Waals surface area contributed by atoms with E-state index in [9.17, 15) is 34.1 Å². The van der Waals surface area contributed by atoms with Crippen LogP contribution in [-0.2, 0) is 39.4 Å². The van der Waals surface area contributed by atoms with Gasteiger partial charge in [0.15, 0.2) is 6.23 Å². The molecule has 7 atom stereocenters. The van der Waals surface area contributed by atoms with Gasteiger partial charge in [0.05, 0.1) is 12.6 Å². The minimum atomic E-state index is -4.83. The Morgan fingerprint density at radius 3 is 2.64 bits per heavy atom. The number of nitrogen functional groups attached to an aromatic ring is 1. The first-order valence-electron chi connectivity index (χ1n) is 14.3. The van der Waals surface area contributed by atoms with E-state index >= 15 is 0 Å². The number of ether oxygens (including phenoxy) is 2. The number of phosphoric ester groups is 1. The van der Waals surface area contributed by atoms with Crippen molar-refractivity contribution < 1.29 is 47.9 Å². The molecule has 20 heteroatoms. The molecule has 2 aromatic rings. The molecular weight excluding hydrogens is 643 g/mol. The lowest BCUT2D eigenvalue weighted by Gasteiger charge is -2.19. The fraction of sp³-hybridized carbons (Fsp3) is 0.444. The highest BCUT2D eigenvalue weighted by molar-refractivity contribution is 7.47. The van der Waals surface area contributed by atoms with E-state index in [1.54, 1.807) is 12.1 Å². The number of nitrogens with one attached hydrogen (secondary N) is 2. The molecule has 11 N–H and O–H groups in total. The molecule has 0 saturated carbocycles. The van der Waals surface area contributed by atoms with E-state index in [1.165, 1.54) is 18.3 Å². The number of aromatic nitrogens is 2. The Labute approximate surface area is 268 Å². The maximum atomic E-state index is 12.6. The van der Waals surface area contributed by atoms with Crippen molar-refractivity contribution in [2.45, 2.75) is 62.5 Å². The van der Waals surface area contributed by atoms with E-state index in [1.807, 2.05) is 23.7 Å². The van der Waals surface area contributed by atoms with Crippen LogP contribution in [0.25, 0.3) is 0 Å². The number of guanidine groups is 1. The van der Waals surface area contributed by atoms with Crippen LogP contribution in [-0.4, -0.2) is 86.0 Å². The number of aliphatic hydroxyl groups is 2. The van der Waals surface area contributed by atoms with Crippen LogP contribution in [0.1, 0.15) is 31.1 Å². The van der Waals surface area contributed by atoms with Crippen LogP contribution < -0.4 is 33.7 Å². The Morgan fingerprint density at radius 2 is 1.96 bits per heavy atom. The number of rotatable bonds is 17. The number of aliphatic hydroxyl groups excluding tert-OH is 2. The zero-order chi connectivity index (χ0) is 34.6. The quantitative estimate of drug-likeness (QED) is 0.0176. The second-order valence-corrected chi connectivity index (χ2v) is 11.6. The third-order valence-electron chi connectivity index (χ3n) is 6.65. The average molecular weight is 683 g/mol. The Hall–Kier alpha value is -4.20. The van der Waals surface area contributed by atoms with E-state index in [-0.39, 0.29) is 38.2 Å². The minimum absolute atomic E-state index is 0.0374. The number of phosphoric acid groups is 1. The van der Waals surface area contributed by atoms with Gasteiger partial charge in [-0.05, 0) is 30.9 Å². The molecule has 1 aliphatic heterocycles. The molecular formula is C27H39N8O11P. The Morgan fingerprint density at radius 1 is 1.23 bits per heavy atom. The summed E-state index contributed by atoms with van der Waals surface area (Å²) in [4.78, 5) is 54.4. The van der Waals surface area contributed by atoms with Crippen LogP contribution >= 0.6 is 7.82 Å². The van der Waals surface area contributed by atoms with E-state index in [0.717, 1.165) is 10.1 Å². The molecule has 3 unspecified atom stereocenters. The number of aliphatic imine (C=N–C) groups is 1. The van der Waals surface area contributed by atoms with E-state index in [0.29, 0.717) is 0 Å².